The van der Waals surface area contributed by atoms with Crippen molar-refractivity contribution in [2.75, 3.05) is 7.05 Å². The fraction of sp³-hybridized carbons (Fsp3) is 0.857. The summed E-state index contributed by atoms with van der Waals surface area (Å²) in [5.41, 5.74) is -0.617. The monoisotopic (exact) mass is 143 g/mol. The van der Waals surface area contributed by atoms with Crippen LogP contribution in [-0.2, 0) is 9.53 Å². The molecule has 3 nitrogen and oxygen atoms in total. The zero-order chi connectivity index (χ0) is 7.94. The first-order chi connectivity index (χ1) is 4.45. The highest BCUT2D eigenvalue weighted by Gasteiger charge is 2.42. The molecule has 0 bridgehead atoms. The summed E-state index contributed by atoms with van der Waals surface area (Å²) in [5.74, 6) is 0.0556. The summed E-state index contributed by atoms with van der Waals surface area (Å²) in [5, 5.41) is 0. The van der Waals surface area contributed by atoms with Crippen LogP contribution < -0.4 is 0 Å². The third-order valence-electron chi connectivity index (χ3n) is 1.85. The van der Waals surface area contributed by atoms with Gasteiger partial charge in [-0.2, -0.15) is 0 Å². The minimum atomic E-state index is -0.617. The summed E-state index contributed by atoms with van der Waals surface area (Å²) in [6, 6.07) is 0. The maximum Gasteiger partial charge on any atom is 0.256 e. The summed E-state index contributed by atoms with van der Waals surface area (Å²) in [4.78, 5) is 12.8. The van der Waals surface area contributed by atoms with E-state index in [1.165, 1.54) is 0 Å². The van der Waals surface area contributed by atoms with Crippen molar-refractivity contribution in [2.24, 2.45) is 0 Å². The van der Waals surface area contributed by atoms with E-state index in [-0.39, 0.29) is 12.1 Å². The fourth-order valence-corrected chi connectivity index (χ4v) is 1.15. The highest BCUT2D eigenvalue weighted by Crippen LogP contribution is 2.24. The summed E-state index contributed by atoms with van der Waals surface area (Å²) in [6.07, 6.45) is -0.0810. The second-order valence-corrected chi connectivity index (χ2v) is 3.14. The number of ether oxygens (including phenoxy) is 1. The molecule has 10 heavy (non-hydrogen) atoms. The lowest BCUT2D eigenvalue weighted by molar-refractivity contribution is -0.133. The van der Waals surface area contributed by atoms with Gasteiger partial charge in [0.1, 0.15) is 11.8 Å². The van der Waals surface area contributed by atoms with Crippen LogP contribution in [0.2, 0.25) is 0 Å². The summed E-state index contributed by atoms with van der Waals surface area (Å²) in [6.45, 7) is 5.44. The second kappa shape index (κ2) is 1.95. The Labute approximate surface area is 61.0 Å². The molecule has 0 aromatic carbocycles. The number of hydrogen-bond donors (Lipinski definition) is 0. The van der Waals surface area contributed by atoms with Crippen molar-refractivity contribution < 1.29 is 9.53 Å². The molecule has 0 aliphatic carbocycles. The molecule has 3 heteroatoms. The molecular weight excluding hydrogens is 130 g/mol. The van der Waals surface area contributed by atoms with Crippen molar-refractivity contribution in [1.82, 2.24) is 4.90 Å². The molecule has 0 N–H and O–H groups in total. The highest BCUT2D eigenvalue weighted by atomic mass is 16.5. The van der Waals surface area contributed by atoms with Gasteiger partial charge in [-0.1, -0.05) is 0 Å². The van der Waals surface area contributed by atoms with Crippen molar-refractivity contribution in [3.8, 4) is 0 Å². The SMILES string of the molecule is CC1OC(C)(C)C(=O)N1C. The van der Waals surface area contributed by atoms with Gasteiger partial charge in [0.15, 0.2) is 0 Å². The highest BCUT2D eigenvalue weighted by molar-refractivity contribution is 5.85. The van der Waals surface area contributed by atoms with Crippen molar-refractivity contribution in [3.63, 3.8) is 0 Å². The largest absolute Gasteiger partial charge is 0.343 e. The van der Waals surface area contributed by atoms with E-state index in [9.17, 15) is 4.79 Å². The number of carbonyl (C=O) groups is 1. The molecule has 1 atom stereocenters. The lowest BCUT2D eigenvalue weighted by Crippen LogP contribution is -2.33. The predicted octanol–water partition coefficient (Wildman–Crippen LogP) is 0.600. The second-order valence-electron chi connectivity index (χ2n) is 3.14. The third kappa shape index (κ3) is 0.904. The molecule has 0 saturated carbocycles. The lowest BCUT2D eigenvalue weighted by Gasteiger charge is -2.12. The van der Waals surface area contributed by atoms with Crippen molar-refractivity contribution in [3.05, 3.63) is 0 Å². The summed E-state index contributed by atoms with van der Waals surface area (Å²) < 4.78 is 5.35. The van der Waals surface area contributed by atoms with Crippen molar-refractivity contribution in [1.29, 1.82) is 0 Å². The maximum absolute atomic E-state index is 11.2. The van der Waals surface area contributed by atoms with Gasteiger partial charge in [-0.3, -0.25) is 4.79 Å². The van der Waals surface area contributed by atoms with Gasteiger partial charge in [-0.05, 0) is 20.8 Å². The molecule has 1 aliphatic rings. The van der Waals surface area contributed by atoms with Crippen LogP contribution in [0.5, 0.6) is 0 Å². The van der Waals surface area contributed by atoms with Crippen LogP contribution in [0.25, 0.3) is 0 Å². The van der Waals surface area contributed by atoms with Crippen LogP contribution in [0.15, 0.2) is 0 Å². The van der Waals surface area contributed by atoms with Gasteiger partial charge in [-0.25, -0.2) is 0 Å². The van der Waals surface area contributed by atoms with Crippen LogP contribution in [0.4, 0.5) is 0 Å². The van der Waals surface area contributed by atoms with Gasteiger partial charge in [0, 0.05) is 7.05 Å². The van der Waals surface area contributed by atoms with E-state index < -0.39 is 5.60 Å². The van der Waals surface area contributed by atoms with Gasteiger partial charge in [0.2, 0.25) is 0 Å². The first-order valence-corrected chi connectivity index (χ1v) is 3.40. The molecule has 1 heterocycles. The van der Waals surface area contributed by atoms with Gasteiger partial charge in [0.25, 0.3) is 5.91 Å². The Morgan fingerprint density at radius 1 is 1.60 bits per heavy atom. The first-order valence-electron chi connectivity index (χ1n) is 3.40. The third-order valence-corrected chi connectivity index (χ3v) is 1.85. The van der Waals surface area contributed by atoms with E-state index in [0.29, 0.717) is 0 Å². The van der Waals surface area contributed by atoms with Crippen LogP contribution in [-0.4, -0.2) is 29.7 Å². The smallest absolute Gasteiger partial charge is 0.256 e. The fourth-order valence-electron chi connectivity index (χ4n) is 1.15. The van der Waals surface area contributed by atoms with E-state index >= 15 is 0 Å². The van der Waals surface area contributed by atoms with E-state index in [4.69, 9.17) is 4.74 Å². The Hall–Kier alpha value is -0.570. The summed E-state index contributed by atoms with van der Waals surface area (Å²) in [7, 11) is 1.75. The topological polar surface area (TPSA) is 29.5 Å². The molecule has 0 aromatic rings. The molecular formula is C7H13NO2. The van der Waals surface area contributed by atoms with Crippen LogP contribution in [0, 0.1) is 0 Å². The quantitative estimate of drug-likeness (QED) is 0.497. The maximum atomic E-state index is 11.2. The molecule has 0 spiro atoms. The molecule has 1 amide bonds. The number of amides is 1. The average molecular weight is 143 g/mol. The van der Waals surface area contributed by atoms with Crippen molar-refractivity contribution in [2.45, 2.75) is 32.6 Å². The van der Waals surface area contributed by atoms with Gasteiger partial charge >= 0.3 is 0 Å². The van der Waals surface area contributed by atoms with Gasteiger partial charge in [0.05, 0.1) is 0 Å². The summed E-state index contributed by atoms with van der Waals surface area (Å²) >= 11 is 0. The molecule has 1 aliphatic heterocycles. The number of hydrogen-bond acceptors (Lipinski definition) is 2. The van der Waals surface area contributed by atoms with Crippen molar-refractivity contribution >= 4 is 5.91 Å². The Kier molecular flexibility index (Phi) is 1.47. The van der Waals surface area contributed by atoms with E-state index in [1.54, 1.807) is 25.8 Å². The molecule has 1 unspecified atom stereocenters. The Bertz CT molecular complexity index is 165. The van der Waals surface area contributed by atoms with Crippen LogP contribution in [0.3, 0.4) is 0 Å². The molecule has 1 rings (SSSR count). The van der Waals surface area contributed by atoms with Gasteiger partial charge in [-0.15, -0.1) is 0 Å². The number of rotatable bonds is 0. The van der Waals surface area contributed by atoms with Gasteiger partial charge < -0.3 is 9.64 Å². The minimum absolute atomic E-state index is 0.0556. The Morgan fingerprint density at radius 2 is 2.10 bits per heavy atom. The molecule has 1 fully saturated rings. The standard InChI is InChI=1S/C7H13NO2/c1-5-8(4)6(9)7(2,3)10-5/h5H,1-4H3. The van der Waals surface area contributed by atoms with E-state index in [0.717, 1.165) is 0 Å². The minimum Gasteiger partial charge on any atom is -0.343 e. The molecule has 1 saturated heterocycles. The van der Waals surface area contributed by atoms with E-state index in [2.05, 4.69) is 0 Å². The predicted molar refractivity (Wildman–Crippen MR) is 37.4 cm³/mol. The molecule has 0 aromatic heterocycles. The molecule has 58 valence electrons. The van der Waals surface area contributed by atoms with Crippen LogP contribution >= 0.6 is 0 Å². The van der Waals surface area contributed by atoms with Crippen LogP contribution in [0.1, 0.15) is 20.8 Å². The normalized spacial score (nSPS) is 31.4. The Morgan fingerprint density at radius 3 is 2.20 bits per heavy atom. The number of likely N-dealkylation sites (N-methyl/N-ethyl adjacent to an activating group) is 1. The zero-order valence-electron chi connectivity index (χ0n) is 6.84. The first kappa shape index (κ1) is 7.54. The zero-order valence-corrected chi connectivity index (χ0v) is 6.84. The van der Waals surface area contributed by atoms with E-state index in [1.807, 2.05) is 6.92 Å². The molecule has 0 radical (unpaired) electrons. The lowest BCUT2D eigenvalue weighted by atomic mass is 10.1. The Balaban J connectivity index is 2.82. The number of carbonyl (C=O) groups excluding carboxylic acids is 1. The average Bonchev–Trinajstić information content (AvgIpc) is 1.95. The number of nitrogens with zero attached hydrogens (tertiary/aromatic N) is 1.